The second-order valence-corrected chi connectivity index (χ2v) is 6.74. The molecule has 124 valence electrons. The smallest absolute Gasteiger partial charge is 0.127 e. The standard InChI is InChI=1S/C21H24N2O/c1-14-12-17-6-5-16-4-3-9-23-21(16)20(15-7-10-22-11-8-15)19(17)18(13-14)24-2/h3-4,9,12-13,22H,5-8,10-11H2,1-2H3. The van der Waals surface area contributed by atoms with Gasteiger partial charge in [0.25, 0.3) is 0 Å². The van der Waals surface area contributed by atoms with Crippen molar-refractivity contribution in [1.29, 1.82) is 0 Å². The molecule has 3 nitrogen and oxygen atoms in total. The van der Waals surface area contributed by atoms with Crippen molar-refractivity contribution in [3.63, 3.8) is 0 Å². The van der Waals surface area contributed by atoms with Crippen LogP contribution in [0.15, 0.2) is 36.0 Å². The molecule has 0 radical (unpaired) electrons. The largest absolute Gasteiger partial charge is 0.496 e. The second kappa shape index (κ2) is 6.40. The van der Waals surface area contributed by atoms with E-state index in [1.165, 1.54) is 33.4 Å². The van der Waals surface area contributed by atoms with Crippen molar-refractivity contribution in [2.75, 3.05) is 20.2 Å². The summed E-state index contributed by atoms with van der Waals surface area (Å²) in [5.74, 6) is 0.990. The van der Waals surface area contributed by atoms with E-state index in [9.17, 15) is 0 Å². The van der Waals surface area contributed by atoms with Crippen molar-refractivity contribution in [2.24, 2.45) is 0 Å². The van der Waals surface area contributed by atoms with Crippen LogP contribution in [0.25, 0.3) is 5.57 Å². The molecule has 1 saturated heterocycles. The molecular formula is C21H24N2O. The second-order valence-electron chi connectivity index (χ2n) is 6.74. The van der Waals surface area contributed by atoms with Crippen LogP contribution >= 0.6 is 0 Å². The zero-order chi connectivity index (χ0) is 16.5. The zero-order valence-electron chi connectivity index (χ0n) is 14.5. The van der Waals surface area contributed by atoms with Crippen molar-refractivity contribution >= 4 is 5.57 Å². The SMILES string of the molecule is COc1cc(C)cc2c1C(=C1CCNCC1)c1ncccc1CC2. The van der Waals surface area contributed by atoms with Gasteiger partial charge in [-0.15, -0.1) is 0 Å². The molecule has 0 amide bonds. The fraction of sp³-hybridized carbons (Fsp3) is 0.381. The molecule has 1 aliphatic heterocycles. The predicted molar refractivity (Wildman–Crippen MR) is 97.5 cm³/mol. The highest BCUT2D eigenvalue weighted by Crippen LogP contribution is 2.41. The third kappa shape index (κ3) is 2.63. The lowest BCUT2D eigenvalue weighted by atomic mass is 9.88. The van der Waals surface area contributed by atoms with Gasteiger partial charge in [-0.25, -0.2) is 0 Å². The summed E-state index contributed by atoms with van der Waals surface area (Å²) in [6, 6.07) is 8.77. The maximum absolute atomic E-state index is 5.81. The average Bonchev–Trinajstić information content (AvgIpc) is 2.79. The third-order valence-corrected chi connectivity index (χ3v) is 5.15. The van der Waals surface area contributed by atoms with E-state index in [0.717, 1.165) is 50.2 Å². The van der Waals surface area contributed by atoms with Gasteiger partial charge in [0.15, 0.2) is 0 Å². The minimum atomic E-state index is 0.990. The normalized spacial score (nSPS) is 17.1. The molecule has 0 bridgehead atoms. The first-order valence-electron chi connectivity index (χ1n) is 8.83. The molecule has 1 aromatic heterocycles. The van der Waals surface area contributed by atoms with E-state index in [4.69, 9.17) is 9.72 Å². The van der Waals surface area contributed by atoms with Crippen LogP contribution in [0.2, 0.25) is 0 Å². The number of hydrogen-bond acceptors (Lipinski definition) is 3. The van der Waals surface area contributed by atoms with Crippen molar-refractivity contribution in [1.82, 2.24) is 10.3 Å². The first-order chi connectivity index (χ1) is 11.8. The average molecular weight is 320 g/mol. The maximum atomic E-state index is 5.81. The molecule has 0 atom stereocenters. The molecule has 1 fully saturated rings. The van der Waals surface area contributed by atoms with Crippen LogP contribution in [-0.2, 0) is 12.8 Å². The Morgan fingerprint density at radius 3 is 2.62 bits per heavy atom. The first kappa shape index (κ1) is 15.4. The van der Waals surface area contributed by atoms with Crippen molar-refractivity contribution in [3.05, 3.63) is 64.0 Å². The van der Waals surface area contributed by atoms with Gasteiger partial charge in [-0.1, -0.05) is 17.7 Å². The van der Waals surface area contributed by atoms with Crippen LogP contribution in [0.3, 0.4) is 0 Å². The molecule has 3 heteroatoms. The monoisotopic (exact) mass is 320 g/mol. The molecule has 0 saturated carbocycles. The molecule has 1 aliphatic carbocycles. The van der Waals surface area contributed by atoms with Crippen LogP contribution < -0.4 is 10.1 Å². The van der Waals surface area contributed by atoms with E-state index in [0.29, 0.717) is 0 Å². The van der Waals surface area contributed by atoms with Gasteiger partial charge in [0.2, 0.25) is 0 Å². The number of nitrogens with zero attached hydrogens (tertiary/aromatic N) is 1. The summed E-state index contributed by atoms with van der Waals surface area (Å²) < 4.78 is 5.81. The maximum Gasteiger partial charge on any atom is 0.127 e. The Morgan fingerprint density at radius 1 is 1.04 bits per heavy atom. The van der Waals surface area contributed by atoms with Gasteiger partial charge in [-0.3, -0.25) is 4.98 Å². The minimum absolute atomic E-state index is 0.990. The number of rotatable bonds is 1. The number of ether oxygens (including phenoxy) is 1. The lowest BCUT2D eigenvalue weighted by molar-refractivity contribution is 0.412. The molecule has 2 heterocycles. The number of aromatic nitrogens is 1. The van der Waals surface area contributed by atoms with Gasteiger partial charge in [-0.05, 0) is 74.5 Å². The lowest BCUT2D eigenvalue weighted by Gasteiger charge is -2.23. The molecule has 1 N–H and O–H groups in total. The summed E-state index contributed by atoms with van der Waals surface area (Å²) >= 11 is 0. The number of benzene rings is 1. The van der Waals surface area contributed by atoms with E-state index >= 15 is 0 Å². The summed E-state index contributed by atoms with van der Waals surface area (Å²) in [5, 5.41) is 3.47. The summed E-state index contributed by atoms with van der Waals surface area (Å²) in [5.41, 5.74) is 9.29. The molecule has 4 rings (SSSR count). The molecular weight excluding hydrogens is 296 g/mol. The quantitative estimate of drug-likeness (QED) is 0.870. The fourth-order valence-corrected chi connectivity index (χ4v) is 4.04. The third-order valence-electron chi connectivity index (χ3n) is 5.15. The van der Waals surface area contributed by atoms with E-state index in [-0.39, 0.29) is 0 Å². The Bertz CT molecular complexity index is 799. The predicted octanol–water partition coefficient (Wildman–Crippen LogP) is 3.68. The van der Waals surface area contributed by atoms with Gasteiger partial charge < -0.3 is 10.1 Å². The summed E-state index contributed by atoms with van der Waals surface area (Å²) in [6.45, 7) is 4.24. The van der Waals surface area contributed by atoms with Gasteiger partial charge in [0.05, 0.1) is 12.8 Å². The van der Waals surface area contributed by atoms with Crippen LogP contribution in [-0.4, -0.2) is 25.2 Å². The number of nitrogens with one attached hydrogen (secondary N) is 1. The molecule has 2 aliphatic rings. The lowest BCUT2D eigenvalue weighted by Crippen LogP contribution is -2.24. The summed E-state index contributed by atoms with van der Waals surface area (Å²) in [7, 11) is 1.78. The molecule has 24 heavy (non-hydrogen) atoms. The molecule has 0 spiro atoms. The van der Waals surface area contributed by atoms with Crippen molar-refractivity contribution in [2.45, 2.75) is 32.6 Å². The number of fused-ring (bicyclic) bond motifs is 2. The van der Waals surface area contributed by atoms with Crippen LogP contribution in [0.1, 0.15) is 40.8 Å². The summed E-state index contributed by atoms with van der Waals surface area (Å²) in [6.07, 6.45) is 6.18. The highest BCUT2D eigenvalue weighted by atomic mass is 16.5. The van der Waals surface area contributed by atoms with Crippen LogP contribution in [0.5, 0.6) is 5.75 Å². The first-order valence-corrected chi connectivity index (χ1v) is 8.83. The van der Waals surface area contributed by atoms with Gasteiger partial charge >= 0.3 is 0 Å². The van der Waals surface area contributed by atoms with Crippen molar-refractivity contribution < 1.29 is 4.74 Å². The van der Waals surface area contributed by atoms with Gasteiger partial charge in [-0.2, -0.15) is 0 Å². The topological polar surface area (TPSA) is 34.1 Å². The zero-order valence-corrected chi connectivity index (χ0v) is 14.5. The van der Waals surface area contributed by atoms with E-state index in [1.807, 2.05) is 6.20 Å². The number of piperidine rings is 1. The Balaban J connectivity index is 2.03. The minimum Gasteiger partial charge on any atom is -0.496 e. The Kier molecular flexibility index (Phi) is 4.11. The Morgan fingerprint density at radius 2 is 1.83 bits per heavy atom. The number of aryl methyl sites for hydroxylation is 3. The highest BCUT2D eigenvalue weighted by molar-refractivity contribution is 5.87. The van der Waals surface area contributed by atoms with Crippen LogP contribution in [0, 0.1) is 6.92 Å². The highest BCUT2D eigenvalue weighted by Gasteiger charge is 2.26. The Hall–Kier alpha value is -2.13. The van der Waals surface area contributed by atoms with E-state index < -0.39 is 0 Å². The van der Waals surface area contributed by atoms with Gasteiger partial charge in [0.1, 0.15) is 5.75 Å². The van der Waals surface area contributed by atoms with Crippen LogP contribution in [0.4, 0.5) is 0 Å². The molecule has 2 aromatic rings. The van der Waals surface area contributed by atoms with E-state index in [2.05, 4.69) is 36.5 Å². The number of methoxy groups -OCH3 is 1. The van der Waals surface area contributed by atoms with E-state index in [1.54, 1.807) is 7.11 Å². The Labute approximate surface area is 143 Å². The molecule has 1 aromatic carbocycles. The number of pyridine rings is 1. The molecule has 0 unspecified atom stereocenters. The summed E-state index contributed by atoms with van der Waals surface area (Å²) in [4.78, 5) is 4.80. The van der Waals surface area contributed by atoms with Crippen molar-refractivity contribution in [3.8, 4) is 5.75 Å². The van der Waals surface area contributed by atoms with Gasteiger partial charge in [0, 0.05) is 17.3 Å². The fourth-order valence-electron chi connectivity index (χ4n) is 4.04. The number of hydrogen-bond donors (Lipinski definition) is 1.